The molecule has 2 aliphatic carbocycles. The second-order valence-corrected chi connectivity index (χ2v) is 20.0. The van der Waals surface area contributed by atoms with Crippen molar-refractivity contribution in [3.05, 3.63) is 47.2 Å². The smallest absolute Gasteiger partial charge is 0.307 e. The van der Waals surface area contributed by atoms with Gasteiger partial charge in [0.15, 0.2) is 17.4 Å². The number of ketones is 1. The SMILES string of the molecule is Cc1nc2cc(F)c(F)cc2c2c1O[C@]1(CC2)C[C@H]2C(=O)C[C@]3(C(=O)NS(=O)(=O)C4(C)CC4)C[C@H]3/C=C\CCCCC[C@H](CC(=O)OC(C)(C)C)C(=O)N2C1. The lowest BCUT2D eigenvalue weighted by Gasteiger charge is -2.36. The van der Waals surface area contributed by atoms with Gasteiger partial charge >= 0.3 is 5.97 Å². The lowest BCUT2D eigenvalue weighted by molar-refractivity contribution is -0.159. The van der Waals surface area contributed by atoms with E-state index in [0.29, 0.717) is 79.3 Å². The van der Waals surface area contributed by atoms with Gasteiger partial charge in [0.2, 0.25) is 21.8 Å². The third kappa shape index (κ3) is 7.64. The minimum atomic E-state index is -3.98. The van der Waals surface area contributed by atoms with Gasteiger partial charge in [-0.1, -0.05) is 25.0 Å². The van der Waals surface area contributed by atoms with E-state index in [4.69, 9.17) is 9.47 Å². The monoisotopic (exact) mass is 783 g/mol. The van der Waals surface area contributed by atoms with E-state index in [1.807, 2.05) is 12.2 Å². The van der Waals surface area contributed by atoms with Gasteiger partial charge in [0.1, 0.15) is 17.0 Å². The number of allylic oxidation sites excluding steroid dienone is 2. The molecule has 3 aliphatic heterocycles. The van der Waals surface area contributed by atoms with Crippen molar-refractivity contribution in [1.82, 2.24) is 14.6 Å². The van der Waals surface area contributed by atoms with E-state index in [1.54, 1.807) is 34.6 Å². The highest BCUT2D eigenvalue weighted by Crippen LogP contribution is 2.58. The van der Waals surface area contributed by atoms with Gasteiger partial charge in [-0.05, 0) is 98.0 Å². The molecule has 14 heteroatoms. The number of benzene rings is 1. The van der Waals surface area contributed by atoms with E-state index < -0.39 is 72.6 Å². The molecular weight excluding hydrogens is 733 g/mol. The minimum absolute atomic E-state index is 0.0109. The number of aromatic nitrogens is 1. The number of ether oxygens (including phenoxy) is 2. The summed E-state index contributed by atoms with van der Waals surface area (Å²) in [6, 6.07) is 1.13. The summed E-state index contributed by atoms with van der Waals surface area (Å²) >= 11 is 0. The quantitative estimate of drug-likeness (QED) is 0.272. The molecule has 55 heavy (non-hydrogen) atoms. The third-order valence-corrected chi connectivity index (χ3v) is 14.5. The molecule has 5 aliphatic rings. The number of amides is 2. The number of hydrogen-bond acceptors (Lipinski definition) is 9. The van der Waals surface area contributed by atoms with Gasteiger partial charge in [-0.15, -0.1) is 0 Å². The Morgan fingerprint density at radius 2 is 1.80 bits per heavy atom. The molecule has 5 atom stereocenters. The number of carbonyl (C=O) groups is 4. The standard InChI is InChI=1S/C41H51F2N3O8S/c1-24-35-27(28-18-29(42)30(43)19-31(28)44-24)13-14-40(54-35)21-32-33(47)22-41(37(50)45-55(51,52)39(5)15-16-39)20-26(41)12-10-8-6-7-9-11-25(36(49)46(32)23-40)17-34(48)53-38(2,3)4/h10,12,18-19,25-26,32H,6-9,11,13-17,20-23H2,1-5H3,(H,45,50)/b12-10-/t25-,26-,32+,40-,41-/m1/s1. The highest BCUT2D eigenvalue weighted by molar-refractivity contribution is 7.91. The zero-order chi connectivity index (χ0) is 39.7. The van der Waals surface area contributed by atoms with E-state index in [0.717, 1.165) is 25.0 Å². The average Bonchev–Trinajstić information content (AvgIpc) is 3.98. The van der Waals surface area contributed by atoms with Crippen LogP contribution >= 0.6 is 0 Å². The maximum Gasteiger partial charge on any atom is 0.307 e. The first-order chi connectivity index (χ1) is 25.8. The predicted molar refractivity (Wildman–Crippen MR) is 199 cm³/mol. The molecule has 2 amide bonds. The lowest BCUT2D eigenvalue weighted by atomic mass is 9.85. The summed E-state index contributed by atoms with van der Waals surface area (Å²) in [4.78, 5) is 62.6. The number of Topliss-reactive ketones (excluding diaryl/α,β-unsaturated/α-hetero) is 1. The highest BCUT2D eigenvalue weighted by Gasteiger charge is 2.63. The molecule has 1 aromatic heterocycles. The number of nitrogens with zero attached hydrogens (tertiary/aromatic N) is 2. The molecule has 3 fully saturated rings. The number of fused-ring (bicyclic) bond motifs is 5. The second kappa shape index (κ2) is 13.9. The van der Waals surface area contributed by atoms with E-state index >= 15 is 0 Å². The van der Waals surface area contributed by atoms with Gasteiger partial charge in [0.25, 0.3) is 0 Å². The Labute approximate surface area is 321 Å². The van der Waals surface area contributed by atoms with Gasteiger partial charge in [0.05, 0.1) is 40.4 Å². The van der Waals surface area contributed by atoms with Crippen LogP contribution in [0.25, 0.3) is 10.9 Å². The molecule has 0 unspecified atom stereocenters. The first kappa shape index (κ1) is 39.3. The fourth-order valence-electron chi connectivity index (χ4n) is 8.74. The summed E-state index contributed by atoms with van der Waals surface area (Å²) in [5, 5.41) is 0.419. The van der Waals surface area contributed by atoms with Gasteiger partial charge in [0, 0.05) is 35.8 Å². The Kier molecular flexibility index (Phi) is 9.94. The Hall–Kier alpha value is -3.94. The highest BCUT2D eigenvalue weighted by atomic mass is 32.2. The summed E-state index contributed by atoms with van der Waals surface area (Å²) < 4.78 is 68.7. The van der Waals surface area contributed by atoms with E-state index in [-0.39, 0.29) is 37.6 Å². The minimum Gasteiger partial charge on any atom is -0.483 e. The van der Waals surface area contributed by atoms with Gasteiger partial charge in [-0.3, -0.25) is 23.9 Å². The topological polar surface area (TPSA) is 149 Å². The second-order valence-electron chi connectivity index (χ2n) is 17.8. The maximum absolute atomic E-state index is 14.8. The Bertz CT molecular complexity index is 2090. The van der Waals surface area contributed by atoms with Gasteiger partial charge < -0.3 is 14.4 Å². The Morgan fingerprint density at radius 1 is 1.07 bits per heavy atom. The molecule has 11 nitrogen and oxygen atoms in total. The molecule has 1 spiro atoms. The van der Waals surface area contributed by atoms with Crippen LogP contribution in [0, 0.1) is 35.8 Å². The van der Waals surface area contributed by atoms with Crippen molar-refractivity contribution in [2.75, 3.05) is 6.54 Å². The molecule has 298 valence electrons. The summed E-state index contributed by atoms with van der Waals surface area (Å²) in [6.07, 6.45) is 8.78. The summed E-state index contributed by atoms with van der Waals surface area (Å²) in [7, 11) is -3.98. The number of rotatable bonds is 5. The van der Waals surface area contributed by atoms with Crippen LogP contribution in [-0.4, -0.2) is 70.4 Å². The van der Waals surface area contributed by atoms with E-state index in [9.17, 15) is 36.4 Å². The number of sulfonamides is 1. The van der Waals surface area contributed by atoms with Crippen molar-refractivity contribution in [3.63, 3.8) is 0 Å². The van der Waals surface area contributed by atoms with Crippen LogP contribution in [0.15, 0.2) is 24.3 Å². The molecular formula is C41H51F2N3O8S. The van der Waals surface area contributed by atoms with Crippen molar-refractivity contribution in [1.29, 1.82) is 0 Å². The maximum atomic E-state index is 14.8. The lowest BCUT2D eigenvalue weighted by Crippen LogP contribution is -2.48. The molecule has 1 N–H and O–H groups in total. The number of carbonyl (C=O) groups excluding carboxylic acids is 4. The van der Waals surface area contributed by atoms with Gasteiger partial charge in [-0.2, -0.15) is 0 Å². The Balaban J connectivity index is 1.24. The van der Waals surface area contributed by atoms with Crippen LogP contribution in [-0.2, 0) is 40.4 Å². The number of pyridine rings is 1. The molecule has 7 rings (SSSR count). The van der Waals surface area contributed by atoms with Crippen LogP contribution in [0.1, 0.15) is 116 Å². The predicted octanol–water partition coefficient (Wildman–Crippen LogP) is 6.32. The normalized spacial score (nSPS) is 29.9. The molecule has 2 saturated carbocycles. The number of halogens is 2. The number of esters is 1. The first-order valence-electron chi connectivity index (χ1n) is 19.5. The fourth-order valence-corrected chi connectivity index (χ4v) is 10.1. The van der Waals surface area contributed by atoms with Crippen LogP contribution in [0.5, 0.6) is 5.75 Å². The van der Waals surface area contributed by atoms with Crippen LogP contribution < -0.4 is 9.46 Å². The van der Waals surface area contributed by atoms with Crippen LogP contribution in [0.2, 0.25) is 0 Å². The molecule has 0 bridgehead atoms. The van der Waals surface area contributed by atoms with Crippen molar-refractivity contribution in [2.24, 2.45) is 17.3 Å². The molecule has 0 radical (unpaired) electrons. The number of aryl methyl sites for hydroxylation is 2. The molecule has 1 aromatic carbocycles. The van der Waals surface area contributed by atoms with Crippen LogP contribution in [0.4, 0.5) is 8.78 Å². The zero-order valence-corrected chi connectivity index (χ0v) is 33.1. The fraction of sp³-hybridized carbons (Fsp3) is 0.634. The summed E-state index contributed by atoms with van der Waals surface area (Å²) in [5.74, 6) is -4.77. The zero-order valence-electron chi connectivity index (χ0n) is 32.3. The first-order valence-corrected chi connectivity index (χ1v) is 21.0. The van der Waals surface area contributed by atoms with E-state index in [1.165, 1.54) is 4.90 Å². The third-order valence-electron chi connectivity index (χ3n) is 12.3. The Morgan fingerprint density at radius 3 is 2.51 bits per heavy atom. The number of nitrogens with one attached hydrogen (secondary N) is 1. The van der Waals surface area contributed by atoms with Gasteiger partial charge in [-0.25, -0.2) is 22.2 Å². The van der Waals surface area contributed by atoms with Crippen molar-refractivity contribution >= 4 is 44.5 Å². The summed E-state index contributed by atoms with van der Waals surface area (Å²) in [6.45, 7) is 8.58. The van der Waals surface area contributed by atoms with Crippen molar-refractivity contribution in [2.45, 2.75) is 140 Å². The largest absolute Gasteiger partial charge is 0.483 e. The molecule has 2 aromatic rings. The number of hydrogen-bond donors (Lipinski definition) is 1. The average molecular weight is 784 g/mol. The molecule has 4 heterocycles. The summed E-state index contributed by atoms with van der Waals surface area (Å²) in [5.41, 5.74) is -1.73. The molecule has 1 saturated heterocycles. The van der Waals surface area contributed by atoms with Crippen LogP contribution in [0.3, 0.4) is 0 Å². The van der Waals surface area contributed by atoms with Crippen molar-refractivity contribution in [3.8, 4) is 5.75 Å². The van der Waals surface area contributed by atoms with E-state index in [2.05, 4.69) is 9.71 Å². The van der Waals surface area contributed by atoms with Crippen molar-refractivity contribution < 1.29 is 45.9 Å².